The summed E-state index contributed by atoms with van der Waals surface area (Å²) >= 11 is 6.25. The maximum Gasteiger partial charge on any atom is 0.407 e. The second-order valence-corrected chi connectivity index (χ2v) is 6.25. The van der Waals surface area contributed by atoms with Gasteiger partial charge in [-0.1, -0.05) is 17.7 Å². The maximum absolute atomic E-state index is 13.2. The van der Waals surface area contributed by atoms with E-state index >= 15 is 0 Å². The number of hydrogen-bond donors (Lipinski definition) is 1. The first-order valence-electron chi connectivity index (χ1n) is 7.93. The van der Waals surface area contributed by atoms with Crippen molar-refractivity contribution in [1.82, 2.24) is 9.88 Å². The lowest BCUT2D eigenvalue weighted by atomic mass is 10.1. The van der Waals surface area contributed by atoms with E-state index < -0.39 is 12.1 Å². The first kappa shape index (κ1) is 17.7. The second kappa shape index (κ2) is 7.42. The zero-order valence-electron chi connectivity index (χ0n) is 13.7. The van der Waals surface area contributed by atoms with E-state index in [-0.39, 0.29) is 18.3 Å². The minimum Gasteiger partial charge on any atom is -0.465 e. The molecule has 1 saturated heterocycles. The van der Waals surface area contributed by atoms with Crippen LogP contribution in [0.25, 0.3) is 0 Å². The molecule has 2 amide bonds. The van der Waals surface area contributed by atoms with Gasteiger partial charge in [0, 0.05) is 24.8 Å². The SMILES string of the molecule is N#Cc1cccc(C(=O)N(c2ncccc2Cl)[C@@H]2CCN(C(=O)O)C2)c1. The van der Waals surface area contributed by atoms with Gasteiger partial charge < -0.3 is 10.0 Å². The molecule has 0 bridgehead atoms. The third kappa shape index (κ3) is 3.46. The van der Waals surface area contributed by atoms with E-state index in [0.717, 1.165) is 0 Å². The minimum atomic E-state index is -1.03. The highest BCUT2D eigenvalue weighted by Gasteiger charge is 2.35. The maximum atomic E-state index is 13.2. The molecule has 0 spiro atoms. The third-order valence-electron chi connectivity index (χ3n) is 4.22. The molecule has 1 aliphatic heterocycles. The summed E-state index contributed by atoms with van der Waals surface area (Å²) in [4.78, 5) is 31.3. The van der Waals surface area contributed by atoms with Crippen molar-refractivity contribution in [2.75, 3.05) is 18.0 Å². The molecule has 0 saturated carbocycles. The number of rotatable bonds is 3. The van der Waals surface area contributed by atoms with Crippen LogP contribution in [0.15, 0.2) is 42.6 Å². The molecule has 0 radical (unpaired) electrons. The number of halogens is 1. The number of hydrogen-bond acceptors (Lipinski definition) is 4. The van der Waals surface area contributed by atoms with E-state index in [1.54, 1.807) is 30.3 Å². The van der Waals surface area contributed by atoms with Crippen LogP contribution in [-0.4, -0.2) is 46.1 Å². The van der Waals surface area contributed by atoms with Gasteiger partial charge in [-0.3, -0.25) is 9.69 Å². The summed E-state index contributed by atoms with van der Waals surface area (Å²) in [5, 5.41) is 18.6. The quantitative estimate of drug-likeness (QED) is 0.895. The van der Waals surface area contributed by atoms with Crippen molar-refractivity contribution in [3.05, 3.63) is 58.7 Å². The number of benzene rings is 1. The van der Waals surface area contributed by atoms with Crippen molar-refractivity contribution in [2.24, 2.45) is 0 Å². The molecule has 26 heavy (non-hydrogen) atoms. The molecule has 1 aromatic heterocycles. The number of likely N-dealkylation sites (tertiary alicyclic amines) is 1. The summed E-state index contributed by atoms with van der Waals surface area (Å²) in [5.74, 6) is -0.0984. The third-order valence-corrected chi connectivity index (χ3v) is 4.52. The fraction of sp³-hybridized carbons (Fsp3) is 0.222. The summed E-state index contributed by atoms with van der Waals surface area (Å²) in [6.45, 7) is 0.498. The van der Waals surface area contributed by atoms with E-state index in [4.69, 9.17) is 16.9 Å². The van der Waals surface area contributed by atoms with Gasteiger partial charge in [-0.15, -0.1) is 0 Å². The van der Waals surface area contributed by atoms with Gasteiger partial charge in [0.05, 0.1) is 22.7 Å². The Labute approximate surface area is 155 Å². The Morgan fingerprint density at radius 3 is 2.81 bits per heavy atom. The number of nitriles is 1. The fourth-order valence-corrected chi connectivity index (χ4v) is 3.19. The molecule has 1 aromatic carbocycles. The second-order valence-electron chi connectivity index (χ2n) is 5.85. The van der Waals surface area contributed by atoms with Gasteiger partial charge in [-0.05, 0) is 36.8 Å². The highest BCUT2D eigenvalue weighted by Crippen LogP contribution is 2.29. The Bertz CT molecular complexity index is 896. The van der Waals surface area contributed by atoms with Crippen molar-refractivity contribution in [2.45, 2.75) is 12.5 Å². The molecular formula is C18H15ClN4O3. The lowest BCUT2D eigenvalue weighted by molar-refractivity contribution is 0.0974. The van der Waals surface area contributed by atoms with E-state index in [9.17, 15) is 14.7 Å². The Morgan fingerprint density at radius 2 is 2.15 bits per heavy atom. The normalized spacial score (nSPS) is 16.2. The topological polar surface area (TPSA) is 97.5 Å². The van der Waals surface area contributed by atoms with E-state index in [2.05, 4.69) is 4.98 Å². The largest absolute Gasteiger partial charge is 0.465 e. The number of carboxylic acid groups (broad SMARTS) is 1. The van der Waals surface area contributed by atoms with Gasteiger partial charge in [0.2, 0.25) is 0 Å². The van der Waals surface area contributed by atoms with Crippen LogP contribution in [-0.2, 0) is 0 Å². The van der Waals surface area contributed by atoms with Gasteiger partial charge in [-0.2, -0.15) is 5.26 Å². The summed E-state index contributed by atoms with van der Waals surface area (Å²) in [6, 6.07) is 11.2. The molecular weight excluding hydrogens is 356 g/mol. The number of pyridine rings is 1. The minimum absolute atomic E-state index is 0.173. The van der Waals surface area contributed by atoms with Crippen LogP contribution in [0.4, 0.5) is 10.6 Å². The molecule has 8 heteroatoms. The van der Waals surface area contributed by atoms with Crippen molar-refractivity contribution in [3.8, 4) is 6.07 Å². The number of carbonyl (C=O) groups excluding carboxylic acids is 1. The molecule has 132 valence electrons. The summed E-state index contributed by atoms with van der Waals surface area (Å²) in [5.41, 5.74) is 0.682. The highest BCUT2D eigenvalue weighted by molar-refractivity contribution is 6.33. The molecule has 1 atom stereocenters. The summed E-state index contributed by atoms with van der Waals surface area (Å²) in [7, 11) is 0. The van der Waals surface area contributed by atoms with Crippen molar-refractivity contribution in [3.63, 3.8) is 0 Å². The Balaban J connectivity index is 2.01. The summed E-state index contributed by atoms with van der Waals surface area (Å²) in [6.07, 6.45) is 0.971. The molecule has 0 unspecified atom stereocenters. The van der Waals surface area contributed by atoms with E-state index in [1.807, 2.05) is 6.07 Å². The van der Waals surface area contributed by atoms with Gasteiger partial charge in [0.1, 0.15) is 0 Å². The van der Waals surface area contributed by atoms with Crippen LogP contribution in [0.2, 0.25) is 5.02 Å². The number of aromatic nitrogens is 1. The molecule has 1 N–H and O–H groups in total. The summed E-state index contributed by atoms with van der Waals surface area (Å²) < 4.78 is 0. The zero-order valence-corrected chi connectivity index (χ0v) is 14.4. The number of anilines is 1. The lowest BCUT2D eigenvalue weighted by Crippen LogP contribution is -2.43. The van der Waals surface area contributed by atoms with Gasteiger partial charge in [-0.25, -0.2) is 9.78 Å². The van der Waals surface area contributed by atoms with Crippen molar-refractivity contribution in [1.29, 1.82) is 5.26 Å². The Hall–Kier alpha value is -3.11. The first-order chi connectivity index (χ1) is 12.5. The molecule has 0 aliphatic carbocycles. The Kier molecular flexibility index (Phi) is 5.05. The van der Waals surface area contributed by atoms with Crippen LogP contribution < -0.4 is 4.90 Å². The Morgan fingerprint density at radius 1 is 1.35 bits per heavy atom. The molecule has 3 rings (SSSR count). The van der Waals surface area contributed by atoms with Crippen molar-refractivity contribution >= 4 is 29.4 Å². The van der Waals surface area contributed by atoms with Crippen LogP contribution in [0.5, 0.6) is 0 Å². The zero-order chi connectivity index (χ0) is 18.7. The van der Waals surface area contributed by atoms with Crippen LogP contribution >= 0.6 is 11.6 Å². The van der Waals surface area contributed by atoms with Crippen molar-refractivity contribution < 1.29 is 14.7 Å². The van der Waals surface area contributed by atoms with Crippen LogP contribution in [0, 0.1) is 11.3 Å². The molecule has 2 aromatic rings. The predicted octanol–water partition coefficient (Wildman–Crippen LogP) is 3.01. The standard InChI is InChI=1S/C18H15ClN4O3/c19-15-5-2-7-21-16(15)23(14-6-8-22(11-14)18(25)26)17(24)13-4-1-3-12(9-13)10-20/h1-5,7,9,14H,6,8,11H2,(H,25,26)/t14-/m1/s1. The average Bonchev–Trinajstić information content (AvgIpc) is 3.13. The lowest BCUT2D eigenvalue weighted by Gasteiger charge is -2.28. The number of nitrogens with zero attached hydrogens (tertiary/aromatic N) is 4. The van der Waals surface area contributed by atoms with E-state index in [1.165, 1.54) is 22.1 Å². The van der Waals surface area contributed by atoms with Crippen LogP contribution in [0.1, 0.15) is 22.3 Å². The average molecular weight is 371 g/mol. The number of carbonyl (C=O) groups is 2. The molecule has 7 nitrogen and oxygen atoms in total. The van der Waals surface area contributed by atoms with E-state index in [0.29, 0.717) is 29.1 Å². The fourth-order valence-electron chi connectivity index (χ4n) is 2.98. The number of amides is 2. The molecule has 1 fully saturated rings. The van der Waals surface area contributed by atoms with Gasteiger partial charge >= 0.3 is 6.09 Å². The highest BCUT2D eigenvalue weighted by atomic mass is 35.5. The molecule has 2 heterocycles. The first-order valence-corrected chi connectivity index (χ1v) is 8.31. The predicted molar refractivity (Wildman–Crippen MR) is 95.2 cm³/mol. The molecule has 1 aliphatic rings. The van der Waals surface area contributed by atoms with Crippen LogP contribution in [0.3, 0.4) is 0 Å². The monoisotopic (exact) mass is 370 g/mol. The van der Waals surface area contributed by atoms with Gasteiger partial charge in [0.15, 0.2) is 5.82 Å². The smallest absolute Gasteiger partial charge is 0.407 e. The van der Waals surface area contributed by atoms with Gasteiger partial charge in [0.25, 0.3) is 5.91 Å².